The van der Waals surface area contributed by atoms with E-state index in [0.717, 1.165) is 43.5 Å². The smallest absolute Gasteiger partial charge is 0.139 e. The summed E-state index contributed by atoms with van der Waals surface area (Å²) in [5.41, 5.74) is 1.06. The number of rotatable bonds is 5. The molecule has 0 bridgehead atoms. The molecule has 1 fully saturated rings. The molecule has 1 unspecified atom stereocenters. The summed E-state index contributed by atoms with van der Waals surface area (Å²) >= 11 is 0. The molecule has 3 rings (SSSR count). The summed E-state index contributed by atoms with van der Waals surface area (Å²) in [5.74, 6) is 3.19. The standard InChI is InChI=1S/C17H26N4O/c1-13(2)17-9-16(19-22-17)12-20-7-4-5-15(10-20)11-21-8-6-18-14(21)3/h6,8-9,13,15H,4-5,7,10-12H2,1-3H3. The SMILES string of the molecule is Cc1nccn1CC1CCCN(Cc2cc(C(C)C)on2)C1. The number of likely N-dealkylation sites (tertiary alicyclic amines) is 1. The highest BCUT2D eigenvalue weighted by molar-refractivity contribution is 5.08. The van der Waals surface area contributed by atoms with E-state index in [-0.39, 0.29) is 0 Å². The lowest BCUT2D eigenvalue weighted by Gasteiger charge is -2.32. The van der Waals surface area contributed by atoms with Crippen LogP contribution >= 0.6 is 0 Å². The first kappa shape index (κ1) is 15.3. The third-order valence-corrected chi connectivity index (χ3v) is 4.51. The largest absolute Gasteiger partial charge is 0.361 e. The topological polar surface area (TPSA) is 47.1 Å². The molecule has 120 valence electrons. The van der Waals surface area contributed by atoms with Gasteiger partial charge in [-0.05, 0) is 32.2 Å². The van der Waals surface area contributed by atoms with E-state index in [0.29, 0.717) is 11.8 Å². The Morgan fingerprint density at radius 1 is 1.41 bits per heavy atom. The van der Waals surface area contributed by atoms with Crippen molar-refractivity contribution in [2.24, 2.45) is 5.92 Å². The number of aryl methyl sites for hydroxylation is 1. The number of imidazole rings is 1. The van der Waals surface area contributed by atoms with Crippen LogP contribution in [0.1, 0.15) is 49.9 Å². The van der Waals surface area contributed by atoms with Gasteiger partial charge >= 0.3 is 0 Å². The first-order chi connectivity index (χ1) is 10.6. The highest BCUT2D eigenvalue weighted by Crippen LogP contribution is 2.22. The third-order valence-electron chi connectivity index (χ3n) is 4.51. The van der Waals surface area contributed by atoms with E-state index in [1.54, 1.807) is 0 Å². The average molecular weight is 302 g/mol. The van der Waals surface area contributed by atoms with Gasteiger partial charge in [0.2, 0.25) is 0 Å². The molecule has 0 amide bonds. The molecule has 1 atom stereocenters. The maximum Gasteiger partial charge on any atom is 0.139 e. The molecule has 1 saturated heterocycles. The predicted molar refractivity (Wildman–Crippen MR) is 85.6 cm³/mol. The van der Waals surface area contributed by atoms with E-state index in [4.69, 9.17) is 4.52 Å². The molecule has 0 saturated carbocycles. The van der Waals surface area contributed by atoms with Crippen LogP contribution in [0.25, 0.3) is 0 Å². The lowest BCUT2D eigenvalue weighted by molar-refractivity contribution is 0.152. The fourth-order valence-electron chi connectivity index (χ4n) is 3.22. The summed E-state index contributed by atoms with van der Waals surface area (Å²) in [5, 5.41) is 4.21. The zero-order valence-corrected chi connectivity index (χ0v) is 13.8. The highest BCUT2D eigenvalue weighted by atomic mass is 16.5. The van der Waals surface area contributed by atoms with Crippen LogP contribution in [0.5, 0.6) is 0 Å². The lowest BCUT2D eigenvalue weighted by atomic mass is 9.97. The van der Waals surface area contributed by atoms with Crippen LogP contribution in [0.15, 0.2) is 23.0 Å². The van der Waals surface area contributed by atoms with Gasteiger partial charge in [0.05, 0.1) is 5.69 Å². The second-order valence-corrected chi connectivity index (χ2v) is 6.75. The van der Waals surface area contributed by atoms with Gasteiger partial charge in [0, 0.05) is 44.0 Å². The Labute approximate surface area is 132 Å². The molecule has 0 aromatic carbocycles. The molecular formula is C17H26N4O. The van der Waals surface area contributed by atoms with Crippen LogP contribution in [0.4, 0.5) is 0 Å². The summed E-state index contributed by atoms with van der Waals surface area (Å²) in [7, 11) is 0. The molecular weight excluding hydrogens is 276 g/mol. The van der Waals surface area contributed by atoms with Crippen molar-refractivity contribution in [2.45, 2.75) is 52.6 Å². The molecule has 0 radical (unpaired) electrons. The molecule has 1 aliphatic heterocycles. The summed E-state index contributed by atoms with van der Waals surface area (Å²) in [6.07, 6.45) is 6.52. The van der Waals surface area contributed by atoms with Gasteiger partial charge in [-0.3, -0.25) is 4.90 Å². The quantitative estimate of drug-likeness (QED) is 0.851. The Balaban J connectivity index is 1.57. The minimum Gasteiger partial charge on any atom is -0.361 e. The molecule has 0 aliphatic carbocycles. The van der Waals surface area contributed by atoms with Gasteiger partial charge in [-0.1, -0.05) is 19.0 Å². The van der Waals surface area contributed by atoms with Crippen molar-refractivity contribution in [2.75, 3.05) is 13.1 Å². The molecule has 5 nitrogen and oxygen atoms in total. The van der Waals surface area contributed by atoms with Gasteiger partial charge in [0.1, 0.15) is 11.6 Å². The molecule has 22 heavy (non-hydrogen) atoms. The Bertz CT molecular complexity index is 601. The van der Waals surface area contributed by atoms with Crippen molar-refractivity contribution in [1.82, 2.24) is 19.6 Å². The van der Waals surface area contributed by atoms with Crippen LogP contribution < -0.4 is 0 Å². The molecule has 2 aromatic heterocycles. The maximum absolute atomic E-state index is 5.41. The van der Waals surface area contributed by atoms with Gasteiger partial charge in [0.25, 0.3) is 0 Å². The minimum atomic E-state index is 0.402. The normalized spacial score (nSPS) is 19.9. The van der Waals surface area contributed by atoms with E-state index >= 15 is 0 Å². The van der Waals surface area contributed by atoms with E-state index in [1.165, 1.54) is 12.8 Å². The third kappa shape index (κ3) is 3.58. The number of aromatic nitrogens is 3. The van der Waals surface area contributed by atoms with Crippen LogP contribution in [-0.4, -0.2) is 32.7 Å². The Morgan fingerprint density at radius 2 is 2.27 bits per heavy atom. The lowest BCUT2D eigenvalue weighted by Crippen LogP contribution is -2.36. The van der Waals surface area contributed by atoms with Crippen LogP contribution in [0, 0.1) is 12.8 Å². The summed E-state index contributed by atoms with van der Waals surface area (Å²) in [6, 6.07) is 2.11. The molecule has 3 heterocycles. The molecule has 1 aliphatic rings. The summed E-state index contributed by atoms with van der Waals surface area (Å²) < 4.78 is 7.67. The van der Waals surface area contributed by atoms with Crippen LogP contribution in [0.2, 0.25) is 0 Å². The molecule has 2 aromatic rings. The average Bonchev–Trinajstić information content (AvgIpc) is 3.10. The zero-order chi connectivity index (χ0) is 15.5. The second kappa shape index (κ2) is 6.65. The van der Waals surface area contributed by atoms with Gasteiger partial charge in [-0.25, -0.2) is 4.98 Å². The fraction of sp³-hybridized carbons (Fsp3) is 0.647. The van der Waals surface area contributed by atoms with E-state index in [2.05, 4.69) is 52.6 Å². The fourth-order valence-corrected chi connectivity index (χ4v) is 3.22. The van der Waals surface area contributed by atoms with Gasteiger partial charge in [0.15, 0.2) is 0 Å². The number of nitrogens with zero attached hydrogens (tertiary/aromatic N) is 4. The summed E-state index contributed by atoms with van der Waals surface area (Å²) in [6.45, 7) is 10.6. The van der Waals surface area contributed by atoms with Gasteiger partial charge in [-0.15, -0.1) is 0 Å². The van der Waals surface area contributed by atoms with Crippen molar-refractivity contribution >= 4 is 0 Å². The number of hydrogen-bond donors (Lipinski definition) is 0. The number of hydrogen-bond acceptors (Lipinski definition) is 4. The molecule has 5 heteroatoms. The highest BCUT2D eigenvalue weighted by Gasteiger charge is 2.22. The summed E-state index contributed by atoms with van der Waals surface area (Å²) in [4.78, 5) is 6.82. The van der Waals surface area contributed by atoms with Gasteiger partial charge in [-0.2, -0.15) is 0 Å². The van der Waals surface area contributed by atoms with Crippen molar-refractivity contribution in [3.05, 3.63) is 35.7 Å². The first-order valence-electron chi connectivity index (χ1n) is 8.27. The maximum atomic E-state index is 5.41. The van der Waals surface area contributed by atoms with Crippen molar-refractivity contribution in [3.8, 4) is 0 Å². The van der Waals surface area contributed by atoms with Crippen molar-refractivity contribution in [3.63, 3.8) is 0 Å². The molecule has 0 spiro atoms. The van der Waals surface area contributed by atoms with Crippen LogP contribution in [0.3, 0.4) is 0 Å². The van der Waals surface area contributed by atoms with E-state index in [1.807, 2.05) is 6.20 Å². The van der Waals surface area contributed by atoms with Crippen LogP contribution in [-0.2, 0) is 13.1 Å². The van der Waals surface area contributed by atoms with Crippen molar-refractivity contribution in [1.29, 1.82) is 0 Å². The zero-order valence-electron chi connectivity index (χ0n) is 13.8. The monoisotopic (exact) mass is 302 g/mol. The Kier molecular flexibility index (Phi) is 4.62. The Hall–Kier alpha value is -1.62. The molecule has 0 N–H and O–H groups in total. The van der Waals surface area contributed by atoms with E-state index in [9.17, 15) is 0 Å². The predicted octanol–water partition coefficient (Wildman–Crippen LogP) is 3.22. The van der Waals surface area contributed by atoms with Crippen molar-refractivity contribution < 1.29 is 4.52 Å². The van der Waals surface area contributed by atoms with Gasteiger partial charge < -0.3 is 9.09 Å². The number of piperidine rings is 1. The van der Waals surface area contributed by atoms with E-state index < -0.39 is 0 Å². The second-order valence-electron chi connectivity index (χ2n) is 6.75. The Morgan fingerprint density at radius 3 is 2.95 bits per heavy atom. The first-order valence-corrected chi connectivity index (χ1v) is 8.27. The minimum absolute atomic E-state index is 0.402.